The third kappa shape index (κ3) is 13.9. The molecule has 16 nitrogen and oxygen atoms in total. The third-order valence-corrected chi connectivity index (χ3v) is 12.6. The number of nitrogens with zero attached hydrogens (tertiary/aromatic N) is 3. The molecule has 2 rings (SSSR count). The van der Waals surface area contributed by atoms with Crippen LogP contribution in [0.4, 0.5) is 0 Å². The number of aliphatic hydroxyl groups excluding tert-OH is 2. The molecule has 7 unspecified atom stereocenters. The molecule has 0 aliphatic carbocycles. The highest BCUT2D eigenvalue weighted by Crippen LogP contribution is 2.68. The van der Waals surface area contributed by atoms with Gasteiger partial charge in [-0.1, -0.05) is 71.1 Å². The molecule has 0 amide bonds. The number of nitrogens with two attached hydrogens (primary N) is 1. The number of amidine groups is 1. The summed E-state index contributed by atoms with van der Waals surface area (Å²) in [5, 5.41) is 32.0. The van der Waals surface area contributed by atoms with Crippen molar-refractivity contribution in [3.05, 3.63) is 12.2 Å². The first-order chi connectivity index (χ1) is 20.6. The lowest BCUT2D eigenvalue weighted by atomic mass is 10.1. The van der Waals surface area contributed by atoms with Crippen LogP contribution >= 0.6 is 22.8 Å². The van der Waals surface area contributed by atoms with E-state index in [1.54, 1.807) is 0 Å². The van der Waals surface area contributed by atoms with Gasteiger partial charge in [0, 0.05) is 19.8 Å². The fourth-order valence-electron chi connectivity index (χ4n) is 4.57. The normalized spacial score (nSPS) is 24.3. The second kappa shape index (κ2) is 18.0. The van der Waals surface area contributed by atoms with Crippen molar-refractivity contribution >= 4 is 34.6 Å². The lowest BCUT2D eigenvalue weighted by molar-refractivity contribution is -0.134. The topological polar surface area (TPSA) is 235 Å². The lowest BCUT2D eigenvalue weighted by Gasteiger charge is -2.23. The fourth-order valence-corrected chi connectivity index (χ4v) is 10.5. The molecule has 1 aliphatic rings. The Hall–Kier alpha value is -1.47. The number of nitrogens with one attached hydrogen (secondary N) is 1. The molecule has 2 heterocycles. The molecule has 1 aromatic heterocycles. The van der Waals surface area contributed by atoms with Crippen LogP contribution in [0.25, 0.3) is 0 Å². The number of ether oxygens (including phenoxy) is 1. The van der Waals surface area contributed by atoms with E-state index in [0.717, 1.165) is 56.7 Å². The maximum absolute atomic E-state index is 12.9. The molecule has 1 fully saturated rings. The standard InChI is InChI=1S/C25H48N5O11P3/c1-5-6-7-8-9-10-11-12-13-14-15-16-20(31)39-43(3,35)41-44(4,36)40-42(2,34)37-17-19-21(32)22(33)25(38-19)30-18-28-24(29-30)23(26)27/h18-19,21-22,25,32-33H,5-17H2,1-4H3,(H3,26,27). The van der Waals surface area contributed by atoms with Crippen molar-refractivity contribution < 1.29 is 51.1 Å². The zero-order valence-electron chi connectivity index (χ0n) is 25.9. The van der Waals surface area contributed by atoms with E-state index in [4.69, 9.17) is 33.5 Å². The number of unbranched alkanes of at least 4 members (excludes halogenated alkanes) is 10. The number of nitrogen functional groups attached to an aromatic ring is 1. The van der Waals surface area contributed by atoms with Gasteiger partial charge in [-0.2, -0.15) is 0 Å². The first-order valence-electron chi connectivity index (χ1n) is 14.8. The van der Waals surface area contributed by atoms with Gasteiger partial charge in [0.25, 0.3) is 0 Å². The van der Waals surface area contributed by atoms with Crippen LogP contribution < -0.4 is 5.73 Å². The predicted molar refractivity (Wildman–Crippen MR) is 163 cm³/mol. The van der Waals surface area contributed by atoms with Crippen molar-refractivity contribution in [2.24, 2.45) is 5.73 Å². The van der Waals surface area contributed by atoms with E-state index in [1.807, 2.05) is 0 Å². The highest BCUT2D eigenvalue weighted by molar-refractivity contribution is 7.72. The third-order valence-electron chi connectivity index (χ3n) is 6.67. The molecule has 19 heteroatoms. The molecule has 1 aliphatic heterocycles. The molecule has 5 N–H and O–H groups in total. The number of hydrogen-bond donors (Lipinski definition) is 4. The van der Waals surface area contributed by atoms with Crippen molar-refractivity contribution in [2.45, 2.75) is 109 Å². The Morgan fingerprint density at radius 2 is 1.48 bits per heavy atom. The maximum Gasteiger partial charge on any atom is 0.385 e. The van der Waals surface area contributed by atoms with Gasteiger partial charge in [0.15, 0.2) is 12.1 Å². The average Bonchev–Trinajstić information content (AvgIpc) is 3.50. The van der Waals surface area contributed by atoms with Crippen molar-refractivity contribution in [1.29, 1.82) is 5.41 Å². The number of rotatable bonds is 22. The monoisotopic (exact) mass is 687 g/mol. The SMILES string of the molecule is CCCCCCCCCCCCCC(=O)OP(C)(=O)OP(C)(=O)OP(C)(=O)OCC1OC(n2cnc(C(=N)N)n2)C(O)C1O. The van der Waals surface area contributed by atoms with Gasteiger partial charge in [-0.05, 0) is 6.42 Å². The molecule has 0 saturated carbocycles. The molecule has 0 radical (unpaired) electrons. The van der Waals surface area contributed by atoms with Crippen LogP contribution in [0.15, 0.2) is 6.33 Å². The van der Waals surface area contributed by atoms with E-state index in [2.05, 4.69) is 17.0 Å². The molecule has 44 heavy (non-hydrogen) atoms. The van der Waals surface area contributed by atoms with Crippen LogP contribution in [0, 0.1) is 5.41 Å². The largest absolute Gasteiger partial charge is 0.392 e. The quantitative estimate of drug-likeness (QED) is 0.0547. The summed E-state index contributed by atoms with van der Waals surface area (Å²) in [6, 6.07) is 0. The molecular formula is C25H48N5O11P3. The summed E-state index contributed by atoms with van der Waals surface area (Å²) in [7, 11) is -12.7. The molecule has 0 spiro atoms. The van der Waals surface area contributed by atoms with Gasteiger partial charge in [0.2, 0.25) is 5.82 Å². The molecule has 1 saturated heterocycles. The molecule has 1 aromatic rings. The van der Waals surface area contributed by atoms with Crippen molar-refractivity contribution in [3.63, 3.8) is 0 Å². The van der Waals surface area contributed by atoms with Gasteiger partial charge in [0.05, 0.1) is 13.3 Å². The van der Waals surface area contributed by atoms with Gasteiger partial charge in [-0.25, -0.2) is 22.9 Å². The van der Waals surface area contributed by atoms with Gasteiger partial charge >= 0.3 is 28.8 Å². The molecule has 0 aromatic carbocycles. The highest BCUT2D eigenvalue weighted by Gasteiger charge is 2.46. The van der Waals surface area contributed by atoms with Gasteiger partial charge in [-0.3, -0.25) is 19.3 Å². The van der Waals surface area contributed by atoms with E-state index >= 15 is 0 Å². The van der Waals surface area contributed by atoms with Gasteiger partial charge in [0.1, 0.15) is 24.6 Å². The second-order valence-corrected chi connectivity index (χ2v) is 17.4. The Morgan fingerprint density at radius 1 is 0.932 bits per heavy atom. The number of carbonyl (C=O) groups is 1. The summed E-state index contributed by atoms with van der Waals surface area (Å²) < 4.78 is 65.2. The first kappa shape index (κ1) is 38.7. The van der Waals surface area contributed by atoms with Crippen LogP contribution in [0.5, 0.6) is 0 Å². The summed E-state index contributed by atoms with van der Waals surface area (Å²) in [5.74, 6) is -1.30. The van der Waals surface area contributed by atoms with E-state index in [9.17, 15) is 28.7 Å². The van der Waals surface area contributed by atoms with Crippen LogP contribution in [0.1, 0.15) is 96.0 Å². The van der Waals surface area contributed by atoms with Gasteiger partial charge < -0.3 is 29.7 Å². The van der Waals surface area contributed by atoms with Crippen LogP contribution in [0.3, 0.4) is 0 Å². The summed E-state index contributed by atoms with van der Waals surface area (Å²) in [5.41, 5.74) is 5.33. The van der Waals surface area contributed by atoms with Crippen molar-refractivity contribution in [1.82, 2.24) is 14.8 Å². The Kier molecular flexibility index (Phi) is 15.9. The molecule has 0 bridgehead atoms. The first-order valence-corrected chi connectivity index (χ1v) is 20.8. The van der Waals surface area contributed by atoms with Gasteiger partial charge in [-0.15, -0.1) is 5.10 Å². The Bertz CT molecular complexity index is 1220. The molecular weight excluding hydrogens is 639 g/mol. The minimum absolute atomic E-state index is 0.0175. The molecule has 7 atom stereocenters. The zero-order valence-corrected chi connectivity index (χ0v) is 28.6. The number of aliphatic hydroxyl groups is 2. The number of carbonyl (C=O) groups excluding carboxylic acids is 1. The summed E-state index contributed by atoms with van der Waals surface area (Å²) in [4.78, 5) is 16.0. The van der Waals surface area contributed by atoms with Crippen molar-refractivity contribution in [3.8, 4) is 0 Å². The maximum atomic E-state index is 12.9. The minimum atomic E-state index is -4.34. The molecule has 254 valence electrons. The Balaban J connectivity index is 1.73. The summed E-state index contributed by atoms with van der Waals surface area (Å²) in [6.07, 6.45) is 7.88. The highest BCUT2D eigenvalue weighted by atomic mass is 31.3. The van der Waals surface area contributed by atoms with Crippen molar-refractivity contribution in [2.75, 3.05) is 26.6 Å². The summed E-state index contributed by atoms with van der Waals surface area (Å²) >= 11 is 0. The van der Waals surface area contributed by atoms with E-state index in [0.29, 0.717) is 6.42 Å². The van der Waals surface area contributed by atoms with E-state index < -0.39 is 65.7 Å². The second-order valence-electron chi connectivity index (χ2n) is 11.0. The van der Waals surface area contributed by atoms with Crippen LogP contribution in [-0.2, 0) is 40.9 Å². The lowest BCUT2D eigenvalue weighted by Crippen LogP contribution is -2.33. The van der Waals surface area contributed by atoms with Crippen LogP contribution in [0.2, 0.25) is 0 Å². The average molecular weight is 688 g/mol. The number of hydrogen-bond acceptors (Lipinski definition) is 14. The van der Waals surface area contributed by atoms with E-state index in [-0.39, 0.29) is 12.2 Å². The predicted octanol–water partition coefficient (Wildman–Crippen LogP) is 4.94. The minimum Gasteiger partial charge on any atom is -0.392 e. The summed E-state index contributed by atoms with van der Waals surface area (Å²) in [6.45, 7) is 4.45. The Labute approximate surface area is 258 Å². The van der Waals surface area contributed by atoms with E-state index in [1.165, 1.54) is 38.5 Å². The smallest absolute Gasteiger partial charge is 0.385 e. The fraction of sp³-hybridized carbons (Fsp3) is 0.840. The van der Waals surface area contributed by atoms with Crippen LogP contribution in [-0.4, -0.2) is 81.7 Å². The Morgan fingerprint density at radius 3 is 2.02 bits per heavy atom. The number of aromatic nitrogens is 3. The zero-order chi connectivity index (χ0) is 33.0.